The molecule has 2 heterocycles. The molecule has 2 fully saturated rings. The predicted molar refractivity (Wildman–Crippen MR) is 62.9 cm³/mol. The van der Waals surface area contributed by atoms with Crippen LogP contribution in [0.3, 0.4) is 0 Å². The number of carbonyl (C=O) groups is 1. The average molecular weight is 284 g/mol. The monoisotopic (exact) mass is 283 g/mol. The molecule has 0 spiro atoms. The molecule has 1 aliphatic carbocycles. The van der Waals surface area contributed by atoms with E-state index in [0.717, 1.165) is 36.8 Å². The summed E-state index contributed by atoms with van der Waals surface area (Å²) < 4.78 is 2.96. The lowest BCUT2D eigenvalue weighted by Crippen LogP contribution is -2.30. The van der Waals surface area contributed by atoms with E-state index in [1.807, 2.05) is 15.8 Å². The van der Waals surface area contributed by atoms with E-state index in [9.17, 15) is 4.79 Å². The molecule has 0 aromatic carbocycles. The molecule has 1 aromatic rings. The normalized spacial score (nSPS) is 25.1. The van der Waals surface area contributed by atoms with Crippen LogP contribution in [0.5, 0.6) is 0 Å². The first-order valence-electron chi connectivity index (χ1n) is 5.72. The molecule has 4 nitrogen and oxygen atoms in total. The van der Waals surface area contributed by atoms with Crippen molar-refractivity contribution in [2.45, 2.75) is 25.3 Å². The van der Waals surface area contributed by atoms with Gasteiger partial charge in [0, 0.05) is 25.2 Å². The SMILES string of the molecule is O=C(C1CC1)N1CCC(n2cc(Br)cn2)C1. The lowest BCUT2D eigenvalue weighted by atomic mass is 10.3. The van der Waals surface area contributed by atoms with E-state index in [1.165, 1.54) is 0 Å². The van der Waals surface area contributed by atoms with Gasteiger partial charge in [-0.15, -0.1) is 0 Å². The van der Waals surface area contributed by atoms with E-state index < -0.39 is 0 Å². The number of amides is 1. The van der Waals surface area contributed by atoms with Crippen LogP contribution in [0.2, 0.25) is 0 Å². The van der Waals surface area contributed by atoms with Gasteiger partial charge < -0.3 is 4.90 Å². The van der Waals surface area contributed by atoms with Crippen LogP contribution in [0, 0.1) is 5.92 Å². The number of carbonyl (C=O) groups excluding carboxylic acids is 1. The molecule has 0 bridgehead atoms. The van der Waals surface area contributed by atoms with Gasteiger partial charge in [0.1, 0.15) is 0 Å². The van der Waals surface area contributed by atoms with Crippen LogP contribution < -0.4 is 0 Å². The van der Waals surface area contributed by atoms with Gasteiger partial charge in [-0.1, -0.05) is 0 Å². The summed E-state index contributed by atoms with van der Waals surface area (Å²) in [4.78, 5) is 13.9. The number of hydrogen-bond acceptors (Lipinski definition) is 2. The van der Waals surface area contributed by atoms with Crippen molar-refractivity contribution in [1.29, 1.82) is 0 Å². The molecule has 1 unspecified atom stereocenters. The molecule has 1 saturated carbocycles. The zero-order valence-corrected chi connectivity index (χ0v) is 10.6. The van der Waals surface area contributed by atoms with Crippen LogP contribution in [0.25, 0.3) is 0 Å². The summed E-state index contributed by atoms with van der Waals surface area (Å²) >= 11 is 3.39. The molecule has 2 aliphatic rings. The Kier molecular flexibility index (Phi) is 2.50. The highest BCUT2D eigenvalue weighted by molar-refractivity contribution is 9.10. The molecule has 1 atom stereocenters. The molecule has 1 aliphatic heterocycles. The Hall–Kier alpha value is -0.840. The fourth-order valence-corrected chi connectivity index (χ4v) is 2.56. The van der Waals surface area contributed by atoms with Crippen LogP contribution in [0.4, 0.5) is 0 Å². The molecule has 0 radical (unpaired) electrons. The van der Waals surface area contributed by atoms with E-state index >= 15 is 0 Å². The second-order valence-corrected chi connectivity index (χ2v) is 5.56. The van der Waals surface area contributed by atoms with Gasteiger partial charge in [0.05, 0.1) is 16.7 Å². The Morgan fingerprint density at radius 3 is 2.88 bits per heavy atom. The maximum atomic E-state index is 11.9. The topological polar surface area (TPSA) is 38.1 Å². The van der Waals surface area contributed by atoms with E-state index in [0.29, 0.717) is 17.9 Å². The van der Waals surface area contributed by atoms with Gasteiger partial charge in [-0.3, -0.25) is 9.48 Å². The third-order valence-corrected chi connectivity index (χ3v) is 3.76. The van der Waals surface area contributed by atoms with Crippen LogP contribution >= 0.6 is 15.9 Å². The van der Waals surface area contributed by atoms with Crippen molar-refractivity contribution in [2.75, 3.05) is 13.1 Å². The summed E-state index contributed by atoms with van der Waals surface area (Å²) in [6, 6.07) is 0.356. The van der Waals surface area contributed by atoms with Crippen molar-refractivity contribution in [2.24, 2.45) is 5.92 Å². The maximum Gasteiger partial charge on any atom is 0.225 e. The van der Waals surface area contributed by atoms with Gasteiger partial charge in [-0.05, 0) is 35.2 Å². The van der Waals surface area contributed by atoms with Crippen LogP contribution in [0.15, 0.2) is 16.9 Å². The number of halogens is 1. The number of likely N-dealkylation sites (tertiary alicyclic amines) is 1. The van der Waals surface area contributed by atoms with Crippen molar-refractivity contribution in [3.05, 3.63) is 16.9 Å². The largest absolute Gasteiger partial charge is 0.340 e. The summed E-state index contributed by atoms with van der Waals surface area (Å²) in [6.45, 7) is 1.71. The molecular weight excluding hydrogens is 270 g/mol. The lowest BCUT2D eigenvalue weighted by Gasteiger charge is -2.16. The smallest absolute Gasteiger partial charge is 0.225 e. The molecule has 5 heteroatoms. The summed E-state index contributed by atoms with van der Waals surface area (Å²) in [6.07, 6.45) is 6.98. The predicted octanol–water partition coefficient (Wildman–Crippen LogP) is 1.83. The minimum atomic E-state index is 0.336. The zero-order valence-electron chi connectivity index (χ0n) is 8.97. The molecule has 1 saturated heterocycles. The highest BCUT2D eigenvalue weighted by atomic mass is 79.9. The van der Waals surface area contributed by atoms with E-state index in [2.05, 4.69) is 21.0 Å². The second-order valence-electron chi connectivity index (χ2n) is 4.64. The first-order valence-corrected chi connectivity index (χ1v) is 6.52. The third kappa shape index (κ3) is 1.88. The van der Waals surface area contributed by atoms with Crippen molar-refractivity contribution in [3.8, 4) is 0 Å². The maximum absolute atomic E-state index is 11.9. The highest BCUT2D eigenvalue weighted by Gasteiger charge is 2.37. The molecule has 16 heavy (non-hydrogen) atoms. The van der Waals surface area contributed by atoms with Crippen molar-refractivity contribution in [3.63, 3.8) is 0 Å². The quantitative estimate of drug-likeness (QED) is 0.831. The summed E-state index contributed by atoms with van der Waals surface area (Å²) in [7, 11) is 0. The van der Waals surface area contributed by atoms with Gasteiger partial charge in [0.25, 0.3) is 0 Å². The first kappa shape index (κ1) is 10.3. The fourth-order valence-electron chi connectivity index (χ4n) is 2.26. The molecule has 1 aromatic heterocycles. The molecule has 3 rings (SSSR count). The van der Waals surface area contributed by atoms with Crippen LogP contribution in [0.1, 0.15) is 25.3 Å². The minimum Gasteiger partial charge on any atom is -0.340 e. The minimum absolute atomic E-state index is 0.336. The zero-order chi connectivity index (χ0) is 11.1. The highest BCUT2D eigenvalue weighted by Crippen LogP contribution is 2.33. The summed E-state index contributed by atoms with van der Waals surface area (Å²) in [5.41, 5.74) is 0. The summed E-state index contributed by atoms with van der Waals surface area (Å²) in [5, 5.41) is 4.28. The first-order chi connectivity index (χ1) is 7.74. The summed E-state index contributed by atoms with van der Waals surface area (Å²) in [5.74, 6) is 0.692. The molecule has 1 amide bonds. The molecule has 86 valence electrons. The third-order valence-electron chi connectivity index (χ3n) is 3.35. The second kappa shape index (κ2) is 3.87. The lowest BCUT2D eigenvalue weighted by molar-refractivity contribution is -0.131. The Bertz CT molecular complexity index is 413. The van der Waals surface area contributed by atoms with Crippen molar-refractivity contribution >= 4 is 21.8 Å². The number of rotatable bonds is 2. The van der Waals surface area contributed by atoms with E-state index in [1.54, 1.807) is 6.20 Å². The van der Waals surface area contributed by atoms with E-state index in [-0.39, 0.29) is 0 Å². The fraction of sp³-hybridized carbons (Fsp3) is 0.636. The van der Waals surface area contributed by atoms with Crippen molar-refractivity contribution < 1.29 is 4.79 Å². The Balaban J connectivity index is 1.66. The van der Waals surface area contributed by atoms with Crippen molar-refractivity contribution in [1.82, 2.24) is 14.7 Å². The Morgan fingerprint density at radius 2 is 2.25 bits per heavy atom. The van der Waals surface area contributed by atoms with Crippen LogP contribution in [-0.2, 0) is 4.79 Å². The van der Waals surface area contributed by atoms with Gasteiger partial charge in [0.2, 0.25) is 5.91 Å². The van der Waals surface area contributed by atoms with E-state index in [4.69, 9.17) is 0 Å². The number of hydrogen-bond donors (Lipinski definition) is 0. The standard InChI is InChI=1S/C11H14BrN3O/c12-9-5-13-15(6-9)10-3-4-14(7-10)11(16)8-1-2-8/h5-6,8,10H,1-4,7H2. The van der Waals surface area contributed by atoms with Gasteiger partial charge in [-0.2, -0.15) is 5.10 Å². The Labute approximate surface area is 103 Å². The molecule has 0 N–H and O–H groups in total. The average Bonchev–Trinajstić information content (AvgIpc) is 2.84. The van der Waals surface area contributed by atoms with Gasteiger partial charge >= 0.3 is 0 Å². The number of aromatic nitrogens is 2. The van der Waals surface area contributed by atoms with Crippen LogP contribution in [-0.4, -0.2) is 33.7 Å². The number of nitrogens with zero attached hydrogens (tertiary/aromatic N) is 3. The van der Waals surface area contributed by atoms with Gasteiger partial charge in [0.15, 0.2) is 0 Å². The van der Waals surface area contributed by atoms with Gasteiger partial charge in [-0.25, -0.2) is 0 Å². The Morgan fingerprint density at radius 1 is 1.44 bits per heavy atom. The molecular formula is C11H14BrN3O.